The second-order valence-corrected chi connectivity index (χ2v) is 9.71. The van der Waals surface area contributed by atoms with Crippen LogP contribution in [0.1, 0.15) is 19.8 Å². The molecule has 0 radical (unpaired) electrons. The summed E-state index contributed by atoms with van der Waals surface area (Å²) >= 11 is 1.39. The van der Waals surface area contributed by atoms with Gasteiger partial charge < -0.3 is 30.1 Å². The number of carbonyl (C=O) groups is 3. The van der Waals surface area contributed by atoms with Gasteiger partial charge in [-0.25, -0.2) is 4.79 Å². The smallest absolute Gasteiger partial charge is 0.356 e. The highest BCUT2D eigenvalue weighted by atomic mass is 32.2. The Morgan fingerprint density at radius 3 is 2.63 bits per heavy atom. The summed E-state index contributed by atoms with van der Waals surface area (Å²) in [5, 5.41) is 19.1. The molecule has 0 aromatic carbocycles. The molecule has 1 saturated heterocycles. The number of aliphatic carboxylic acids is 1. The topological polar surface area (TPSA) is 143 Å². The van der Waals surface area contributed by atoms with Gasteiger partial charge in [0.05, 0.1) is 58.5 Å². The molecule has 1 amide bonds. The van der Waals surface area contributed by atoms with E-state index in [1.165, 1.54) is 23.0 Å². The van der Waals surface area contributed by atoms with Crippen LogP contribution in [0.2, 0.25) is 0 Å². The maximum atomic E-state index is 13.0. The van der Waals surface area contributed by atoms with E-state index in [0.717, 1.165) is 0 Å². The number of aliphatic hydroxyl groups excluding tert-OH is 1. The van der Waals surface area contributed by atoms with Gasteiger partial charge in [0.2, 0.25) is 5.91 Å². The minimum Gasteiger partial charge on any atom is -0.481 e. The molecule has 4 N–H and O–H groups in total. The predicted molar refractivity (Wildman–Crippen MR) is 112 cm³/mol. The van der Waals surface area contributed by atoms with Gasteiger partial charge in [0.25, 0.3) is 0 Å². The molecule has 30 heavy (non-hydrogen) atoms. The van der Waals surface area contributed by atoms with E-state index in [2.05, 4.69) is 4.99 Å². The molecule has 2 rings (SSSR count). The average molecular weight is 444 g/mol. The van der Waals surface area contributed by atoms with Crippen molar-refractivity contribution in [2.24, 2.45) is 16.6 Å². The third-order valence-electron chi connectivity index (χ3n) is 4.91. The van der Waals surface area contributed by atoms with Crippen LogP contribution in [0.15, 0.2) is 15.6 Å². The molecule has 0 aliphatic carbocycles. The number of aliphatic imine (C=N–C) groups is 1. The maximum Gasteiger partial charge on any atom is 0.356 e. The zero-order valence-corrected chi connectivity index (χ0v) is 18.6. The summed E-state index contributed by atoms with van der Waals surface area (Å²) in [5.74, 6) is -2.10. The van der Waals surface area contributed by atoms with Crippen LogP contribution in [0.5, 0.6) is 0 Å². The van der Waals surface area contributed by atoms with Crippen molar-refractivity contribution in [3.05, 3.63) is 10.6 Å². The average Bonchev–Trinajstić information content (AvgIpc) is 2.90. The molecule has 0 spiro atoms. The zero-order valence-electron chi connectivity index (χ0n) is 17.8. The number of likely N-dealkylation sites (N-methyl/N-ethyl adjacent to an activating group) is 1. The molecular formula is C19H31N4O6S+. The Bertz CT molecular complexity index is 746. The number of ether oxygens (including phenoxy) is 1. The highest BCUT2D eigenvalue weighted by molar-refractivity contribution is 8.03. The minimum atomic E-state index is -1.07. The highest BCUT2D eigenvalue weighted by Crippen LogP contribution is 2.47. The number of nitrogens with zero attached hydrogens (tertiary/aromatic N) is 3. The lowest BCUT2D eigenvalue weighted by molar-refractivity contribution is -0.873. The van der Waals surface area contributed by atoms with Gasteiger partial charge in [-0.2, -0.15) is 0 Å². The molecule has 1 fully saturated rings. The summed E-state index contributed by atoms with van der Waals surface area (Å²) in [6.07, 6.45) is -0.323. The Hall–Kier alpha value is -2.11. The van der Waals surface area contributed by atoms with Crippen molar-refractivity contribution in [2.45, 2.75) is 38.0 Å². The van der Waals surface area contributed by atoms with Crippen molar-refractivity contribution in [1.82, 2.24) is 4.90 Å². The number of carbonyl (C=O) groups excluding carboxylic acids is 2. The van der Waals surface area contributed by atoms with Crippen molar-refractivity contribution < 1.29 is 33.8 Å². The van der Waals surface area contributed by atoms with Crippen molar-refractivity contribution >= 4 is 35.9 Å². The van der Waals surface area contributed by atoms with Crippen LogP contribution in [0.3, 0.4) is 0 Å². The van der Waals surface area contributed by atoms with Gasteiger partial charge in [-0.05, 0) is 6.92 Å². The van der Waals surface area contributed by atoms with Gasteiger partial charge in [0.15, 0.2) is 6.10 Å². The van der Waals surface area contributed by atoms with Gasteiger partial charge in [0.1, 0.15) is 12.2 Å². The Balaban J connectivity index is 2.23. The monoisotopic (exact) mass is 443 g/mol. The maximum absolute atomic E-state index is 13.0. The third-order valence-corrected chi connectivity index (χ3v) is 6.01. The van der Waals surface area contributed by atoms with Gasteiger partial charge in [-0.1, -0.05) is 0 Å². The molecule has 0 bridgehead atoms. The minimum absolute atomic E-state index is 0.153. The van der Waals surface area contributed by atoms with E-state index >= 15 is 0 Å². The summed E-state index contributed by atoms with van der Waals surface area (Å²) in [6.45, 7) is 2.32. The second-order valence-electron chi connectivity index (χ2n) is 8.52. The van der Waals surface area contributed by atoms with Crippen LogP contribution in [-0.4, -0.2) is 102 Å². The van der Waals surface area contributed by atoms with Crippen LogP contribution >= 0.6 is 11.8 Å². The van der Waals surface area contributed by atoms with Crippen molar-refractivity contribution in [2.75, 3.05) is 40.0 Å². The highest BCUT2D eigenvalue weighted by Gasteiger charge is 2.57. The largest absolute Gasteiger partial charge is 0.481 e. The van der Waals surface area contributed by atoms with E-state index in [9.17, 15) is 24.6 Å². The van der Waals surface area contributed by atoms with Crippen molar-refractivity contribution in [1.29, 1.82) is 0 Å². The molecule has 0 saturated carbocycles. The number of hydrogen-bond acceptors (Lipinski definition) is 7. The molecule has 2 heterocycles. The SMILES string of the molecule is C[C@@H](O)[C@H]1C(=O)N2C(C(=O)OC(CC(=O)O)C[N+](C)(C)C)=C(SCCN=CN)C[C@H]12. The van der Waals surface area contributed by atoms with Gasteiger partial charge in [0, 0.05) is 17.1 Å². The predicted octanol–water partition coefficient (Wildman–Crippen LogP) is -0.378. The molecular weight excluding hydrogens is 412 g/mol. The molecule has 2 aliphatic heterocycles. The molecule has 0 aromatic rings. The number of β-lactam (4-membered cyclic amide) rings is 1. The number of amides is 1. The van der Waals surface area contributed by atoms with E-state index in [-0.39, 0.29) is 24.1 Å². The number of aliphatic hydroxyl groups is 1. The fourth-order valence-electron chi connectivity index (χ4n) is 3.80. The number of esters is 1. The number of fused-ring (bicyclic) bond motifs is 1. The van der Waals surface area contributed by atoms with Crippen LogP contribution < -0.4 is 5.73 Å². The first-order valence-corrected chi connectivity index (χ1v) is 10.7. The zero-order chi connectivity index (χ0) is 22.6. The number of hydrogen-bond donors (Lipinski definition) is 3. The molecule has 2 aliphatic rings. The standard InChI is InChI=1S/C19H30N4O6S/c1-11(24)16-13-8-14(30-6-5-21-10-20)17(22(13)18(16)27)19(28)29-12(7-15(25)26)9-23(2,3)4/h10-13,16,24H,5-9H2,1-4H3,(H2-,20,21,25,26)/p+1/t11-,12?,13-,16-/m1/s1. The van der Waals surface area contributed by atoms with E-state index in [1.807, 2.05) is 21.1 Å². The quantitative estimate of drug-likeness (QED) is 0.0980. The normalized spacial score (nSPS) is 23.4. The van der Waals surface area contributed by atoms with Crippen molar-refractivity contribution in [3.8, 4) is 0 Å². The summed E-state index contributed by atoms with van der Waals surface area (Å²) < 4.78 is 5.98. The Labute approximate surface area is 180 Å². The summed E-state index contributed by atoms with van der Waals surface area (Å²) in [6, 6.07) is -0.295. The Morgan fingerprint density at radius 2 is 2.10 bits per heavy atom. The molecule has 4 atom stereocenters. The Kier molecular flexibility index (Phi) is 7.89. The lowest BCUT2D eigenvalue weighted by atomic mass is 9.83. The second kappa shape index (κ2) is 9.80. The van der Waals surface area contributed by atoms with Crippen molar-refractivity contribution in [3.63, 3.8) is 0 Å². The molecule has 0 aromatic heterocycles. The fourth-order valence-corrected chi connectivity index (χ4v) is 4.85. The van der Waals surface area contributed by atoms with E-state index in [1.54, 1.807) is 6.92 Å². The summed E-state index contributed by atoms with van der Waals surface area (Å²) in [7, 11) is 5.62. The van der Waals surface area contributed by atoms with E-state index in [0.29, 0.717) is 34.7 Å². The number of thioether (sulfide) groups is 1. The summed E-state index contributed by atoms with van der Waals surface area (Å²) in [4.78, 5) is 42.9. The van der Waals surface area contributed by atoms with Crippen LogP contribution in [-0.2, 0) is 19.1 Å². The summed E-state index contributed by atoms with van der Waals surface area (Å²) in [5.41, 5.74) is 5.40. The molecule has 10 nitrogen and oxygen atoms in total. The first-order chi connectivity index (χ1) is 14.0. The van der Waals surface area contributed by atoms with Crippen LogP contribution in [0.25, 0.3) is 0 Å². The first-order valence-electron chi connectivity index (χ1n) is 9.76. The van der Waals surface area contributed by atoms with E-state index < -0.39 is 30.1 Å². The van der Waals surface area contributed by atoms with Gasteiger partial charge in [-0.3, -0.25) is 14.6 Å². The molecule has 1 unspecified atom stereocenters. The number of rotatable bonds is 11. The van der Waals surface area contributed by atoms with E-state index in [4.69, 9.17) is 10.5 Å². The Morgan fingerprint density at radius 1 is 1.43 bits per heavy atom. The van der Waals surface area contributed by atoms with Gasteiger partial charge >= 0.3 is 11.9 Å². The lowest BCUT2D eigenvalue weighted by Crippen LogP contribution is -2.62. The van der Waals surface area contributed by atoms with Gasteiger partial charge in [-0.15, -0.1) is 11.8 Å². The third kappa shape index (κ3) is 5.73. The molecule has 11 heteroatoms. The number of carboxylic acid groups (broad SMARTS) is 1. The van der Waals surface area contributed by atoms with Crippen LogP contribution in [0, 0.1) is 5.92 Å². The number of nitrogens with two attached hydrogens (primary N) is 1. The first kappa shape index (κ1) is 24.2. The number of quaternary nitrogens is 1. The van der Waals surface area contributed by atoms with Crippen LogP contribution in [0.4, 0.5) is 0 Å². The lowest BCUT2D eigenvalue weighted by Gasteiger charge is -2.44. The molecule has 168 valence electrons. The fraction of sp³-hybridized carbons (Fsp3) is 0.684. The number of carboxylic acids is 1.